The maximum Gasteiger partial charge on any atom is 0.348 e. The van der Waals surface area contributed by atoms with Crippen LogP contribution in [0.3, 0.4) is 0 Å². The fraction of sp³-hybridized carbons (Fsp3) is 0.316. The summed E-state index contributed by atoms with van der Waals surface area (Å²) >= 11 is 1.04. The molecular weight excluding hydrogens is 352 g/mol. The van der Waals surface area contributed by atoms with E-state index in [1.54, 1.807) is 38.1 Å². The van der Waals surface area contributed by atoms with Crippen molar-refractivity contribution in [3.63, 3.8) is 0 Å². The van der Waals surface area contributed by atoms with Crippen molar-refractivity contribution >= 4 is 28.2 Å². The molecule has 1 heterocycles. The third kappa shape index (κ3) is 4.41. The van der Waals surface area contributed by atoms with Crippen molar-refractivity contribution in [3.8, 4) is 11.8 Å². The molecule has 0 radical (unpaired) electrons. The van der Waals surface area contributed by atoms with Gasteiger partial charge in [0, 0.05) is 5.56 Å². The number of anilines is 1. The first-order valence-corrected chi connectivity index (χ1v) is 9.08. The largest absolute Gasteiger partial charge is 0.494 e. The van der Waals surface area contributed by atoms with Crippen LogP contribution in [0.25, 0.3) is 0 Å². The first-order chi connectivity index (χ1) is 12.5. The minimum absolute atomic E-state index is 0.242. The highest BCUT2D eigenvalue weighted by atomic mass is 32.1. The van der Waals surface area contributed by atoms with E-state index in [1.165, 1.54) is 0 Å². The Balaban J connectivity index is 2.19. The van der Waals surface area contributed by atoms with Crippen LogP contribution in [0.1, 0.15) is 51.4 Å². The van der Waals surface area contributed by atoms with E-state index in [2.05, 4.69) is 5.32 Å². The second kappa shape index (κ2) is 9.02. The topological polar surface area (TPSA) is 88.4 Å². The highest BCUT2D eigenvalue weighted by molar-refractivity contribution is 7.18. The molecule has 7 heteroatoms. The van der Waals surface area contributed by atoms with E-state index in [1.807, 2.05) is 13.0 Å². The SMILES string of the molecule is CCCOc1ccc(C(=O)Nc2sc(C(=O)OCC)c(C)c2C#N)cc1. The van der Waals surface area contributed by atoms with Crippen LogP contribution >= 0.6 is 11.3 Å². The van der Waals surface area contributed by atoms with Crippen molar-refractivity contribution in [3.05, 3.63) is 45.8 Å². The first-order valence-electron chi connectivity index (χ1n) is 8.26. The van der Waals surface area contributed by atoms with E-state index in [-0.39, 0.29) is 18.1 Å². The normalized spacial score (nSPS) is 10.1. The number of amides is 1. The van der Waals surface area contributed by atoms with Crippen molar-refractivity contribution in [2.24, 2.45) is 0 Å². The molecule has 0 aliphatic heterocycles. The summed E-state index contributed by atoms with van der Waals surface area (Å²) in [6.07, 6.45) is 0.902. The Bertz CT molecular complexity index is 834. The summed E-state index contributed by atoms with van der Waals surface area (Å²) in [6.45, 7) is 6.25. The Kier molecular flexibility index (Phi) is 6.75. The molecule has 0 saturated carbocycles. The Labute approximate surface area is 156 Å². The number of nitrogens with one attached hydrogen (secondary N) is 1. The molecule has 0 spiro atoms. The summed E-state index contributed by atoms with van der Waals surface area (Å²) < 4.78 is 10.5. The summed E-state index contributed by atoms with van der Waals surface area (Å²) in [4.78, 5) is 24.8. The number of hydrogen-bond donors (Lipinski definition) is 1. The number of esters is 1. The van der Waals surface area contributed by atoms with E-state index < -0.39 is 5.97 Å². The number of ether oxygens (including phenoxy) is 2. The van der Waals surface area contributed by atoms with E-state index in [0.717, 1.165) is 17.8 Å². The van der Waals surface area contributed by atoms with Gasteiger partial charge in [0.15, 0.2) is 0 Å². The molecule has 0 saturated heterocycles. The van der Waals surface area contributed by atoms with Gasteiger partial charge in [-0.3, -0.25) is 4.79 Å². The van der Waals surface area contributed by atoms with Gasteiger partial charge in [0.2, 0.25) is 0 Å². The minimum atomic E-state index is -0.496. The monoisotopic (exact) mass is 372 g/mol. The molecule has 1 aromatic carbocycles. The van der Waals surface area contributed by atoms with Crippen LogP contribution in [0.4, 0.5) is 5.00 Å². The lowest BCUT2D eigenvalue weighted by atomic mass is 10.1. The van der Waals surface area contributed by atoms with Gasteiger partial charge in [-0.15, -0.1) is 11.3 Å². The van der Waals surface area contributed by atoms with E-state index in [0.29, 0.717) is 33.4 Å². The molecule has 1 N–H and O–H groups in total. The maximum atomic E-state index is 12.5. The van der Waals surface area contributed by atoms with Crippen molar-refractivity contribution in [1.29, 1.82) is 5.26 Å². The van der Waals surface area contributed by atoms with Crippen LogP contribution in [0.15, 0.2) is 24.3 Å². The second-order valence-electron chi connectivity index (χ2n) is 5.42. The van der Waals surface area contributed by atoms with Crippen LogP contribution in [-0.2, 0) is 4.74 Å². The van der Waals surface area contributed by atoms with Gasteiger partial charge < -0.3 is 14.8 Å². The summed E-state index contributed by atoms with van der Waals surface area (Å²) in [6, 6.07) is 8.79. The summed E-state index contributed by atoms with van der Waals surface area (Å²) in [7, 11) is 0. The number of thiophene rings is 1. The molecular formula is C19H20N2O4S. The Morgan fingerprint density at radius 3 is 2.50 bits per heavy atom. The molecule has 1 amide bonds. The van der Waals surface area contributed by atoms with E-state index in [4.69, 9.17) is 9.47 Å². The van der Waals surface area contributed by atoms with Crippen LogP contribution in [-0.4, -0.2) is 25.1 Å². The number of benzene rings is 1. The predicted octanol–water partition coefficient (Wildman–Crippen LogP) is 4.15. The number of nitriles is 1. The van der Waals surface area contributed by atoms with Gasteiger partial charge in [-0.05, 0) is 50.1 Å². The standard InChI is InChI=1S/C19H20N2O4S/c1-4-10-25-14-8-6-13(7-9-14)17(22)21-18-15(11-20)12(3)16(26-18)19(23)24-5-2/h6-9H,4-5,10H2,1-3H3,(H,21,22). The zero-order chi connectivity index (χ0) is 19.1. The number of hydrogen-bond acceptors (Lipinski definition) is 6. The van der Waals surface area contributed by atoms with Gasteiger partial charge in [0.05, 0.1) is 18.8 Å². The Hall–Kier alpha value is -2.85. The lowest BCUT2D eigenvalue weighted by molar-refractivity contribution is 0.0531. The molecule has 26 heavy (non-hydrogen) atoms. The average Bonchev–Trinajstić information content (AvgIpc) is 2.95. The molecule has 0 bridgehead atoms. The number of nitrogens with zero attached hydrogens (tertiary/aromatic N) is 1. The van der Waals surface area contributed by atoms with Gasteiger partial charge in [-0.2, -0.15) is 5.26 Å². The van der Waals surface area contributed by atoms with E-state index in [9.17, 15) is 14.9 Å². The molecule has 136 valence electrons. The number of carbonyl (C=O) groups is 2. The molecule has 6 nitrogen and oxygen atoms in total. The quantitative estimate of drug-likeness (QED) is 0.738. The lowest BCUT2D eigenvalue weighted by Gasteiger charge is -2.06. The first kappa shape index (κ1) is 19.5. The van der Waals surface area contributed by atoms with Crippen LogP contribution in [0.2, 0.25) is 0 Å². The number of rotatable bonds is 7. The molecule has 1 aromatic heterocycles. The van der Waals surface area contributed by atoms with Gasteiger partial charge in [0.1, 0.15) is 21.7 Å². The van der Waals surface area contributed by atoms with Gasteiger partial charge >= 0.3 is 5.97 Å². The molecule has 0 aliphatic rings. The molecule has 0 fully saturated rings. The Morgan fingerprint density at radius 2 is 1.92 bits per heavy atom. The lowest BCUT2D eigenvalue weighted by Crippen LogP contribution is -2.11. The molecule has 2 rings (SSSR count). The van der Waals surface area contributed by atoms with Crippen molar-refractivity contribution in [2.75, 3.05) is 18.5 Å². The van der Waals surface area contributed by atoms with Crippen LogP contribution in [0, 0.1) is 18.3 Å². The third-order valence-corrected chi connectivity index (χ3v) is 4.72. The van der Waals surface area contributed by atoms with Gasteiger partial charge in [-0.1, -0.05) is 6.92 Å². The van der Waals surface area contributed by atoms with E-state index >= 15 is 0 Å². The van der Waals surface area contributed by atoms with Gasteiger partial charge in [-0.25, -0.2) is 4.79 Å². The van der Waals surface area contributed by atoms with Crippen molar-refractivity contribution in [1.82, 2.24) is 0 Å². The third-order valence-electron chi connectivity index (χ3n) is 3.54. The zero-order valence-electron chi connectivity index (χ0n) is 14.9. The van der Waals surface area contributed by atoms with Crippen LogP contribution < -0.4 is 10.1 Å². The summed E-state index contributed by atoms with van der Waals surface area (Å²) in [5.74, 6) is -0.165. The fourth-order valence-corrected chi connectivity index (χ4v) is 3.27. The summed E-state index contributed by atoms with van der Waals surface area (Å²) in [5.41, 5.74) is 1.21. The predicted molar refractivity (Wildman–Crippen MR) is 99.9 cm³/mol. The van der Waals surface area contributed by atoms with Crippen LogP contribution in [0.5, 0.6) is 5.75 Å². The highest BCUT2D eigenvalue weighted by Crippen LogP contribution is 2.33. The van der Waals surface area contributed by atoms with Crippen molar-refractivity contribution < 1.29 is 19.1 Å². The smallest absolute Gasteiger partial charge is 0.348 e. The average molecular weight is 372 g/mol. The maximum absolute atomic E-state index is 12.5. The highest BCUT2D eigenvalue weighted by Gasteiger charge is 2.22. The minimum Gasteiger partial charge on any atom is -0.494 e. The second-order valence-corrected chi connectivity index (χ2v) is 6.44. The zero-order valence-corrected chi connectivity index (χ0v) is 15.7. The summed E-state index contributed by atoms with van der Waals surface area (Å²) in [5, 5.41) is 12.4. The molecule has 0 unspecified atom stereocenters. The molecule has 0 atom stereocenters. The van der Waals surface area contributed by atoms with Crippen molar-refractivity contribution in [2.45, 2.75) is 27.2 Å². The Morgan fingerprint density at radius 1 is 1.23 bits per heavy atom. The molecule has 0 aliphatic carbocycles. The number of carbonyl (C=O) groups excluding carboxylic acids is 2. The molecule has 2 aromatic rings. The fourth-order valence-electron chi connectivity index (χ4n) is 2.23. The van der Waals surface area contributed by atoms with Gasteiger partial charge in [0.25, 0.3) is 5.91 Å².